The quantitative estimate of drug-likeness (QED) is 0.522. The van der Waals surface area contributed by atoms with E-state index in [-0.39, 0.29) is 10.6 Å². The summed E-state index contributed by atoms with van der Waals surface area (Å²) in [7, 11) is 0. The topological polar surface area (TPSA) is 76.8 Å². The number of H-pyrrole nitrogens is 1. The van der Waals surface area contributed by atoms with Gasteiger partial charge in [0.05, 0.1) is 10.5 Å². The van der Waals surface area contributed by atoms with Gasteiger partial charge < -0.3 is 0 Å². The van der Waals surface area contributed by atoms with Crippen LogP contribution < -0.4 is 0 Å². The maximum absolute atomic E-state index is 14.3. The number of hydrogen-bond acceptors (Lipinski definition) is 4. The Hall–Kier alpha value is -2.16. The van der Waals surface area contributed by atoms with Crippen LogP contribution in [0.3, 0.4) is 0 Å². The van der Waals surface area contributed by atoms with Crippen molar-refractivity contribution in [2.24, 2.45) is 0 Å². The fourth-order valence-corrected chi connectivity index (χ4v) is 2.38. The third-order valence-electron chi connectivity index (χ3n) is 2.83. The van der Waals surface area contributed by atoms with Gasteiger partial charge in [-0.15, -0.1) is 0 Å². The molecule has 0 radical (unpaired) electrons. The van der Waals surface area contributed by atoms with Gasteiger partial charge in [0.1, 0.15) is 5.82 Å². The van der Waals surface area contributed by atoms with E-state index in [9.17, 15) is 18.9 Å². The lowest BCUT2D eigenvalue weighted by Gasteiger charge is -2.22. The van der Waals surface area contributed by atoms with E-state index in [4.69, 9.17) is 12.2 Å². The summed E-state index contributed by atoms with van der Waals surface area (Å²) in [5, 5.41) is 17.1. The number of aromatic amines is 1. The van der Waals surface area contributed by atoms with E-state index in [1.807, 2.05) is 0 Å². The van der Waals surface area contributed by atoms with Gasteiger partial charge in [0.2, 0.25) is 5.82 Å². The Bertz CT molecular complexity index is 777. The van der Waals surface area contributed by atoms with Crippen molar-refractivity contribution in [2.45, 2.75) is 26.3 Å². The summed E-state index contributed by atoms with van der Waals surface area (Å²) in [4.78, 5) is 9.88. The highest BCUT2D eigenvalue weighted by Gasteiger charge is 2.29. The first kappa shape index (κ1) is 15.2. The van der Waals surface area contributed by atoms with Crippen LogP contribution in [0, 0.1) is 26.5 Å². The van der Waals surface area contributed by atoms with E-state index < -0.39 is 33.3 Å². The predicted molar refractivity (Wildman–Crippen MR) is 74.4 cm³/mol. The monoisotopic (exact) mass is 314 g/mol. The minimum Gasteiger partial charge on any atom is -0.295 e. The third-order valence-corrected chi connectivity index (χ3v) is 3.11. The molecule has 0 aliphatic carbocycles. The molecule has 112 valence electrons. The van der Waals surface area contributed by atoms with Crippen LogP contribution >= 0.6 is 12.2 Å². The van der Waals surface area contributed by atoms with Crippen LogP contribution in [0.5, 0.6) is 0 Å². The molecule has 2 rings (SSSR count). The van der Waals surface area contributed by atoms with Gasteiger partial charge in [-0.05, 0) is 39.1 Å². The number of benzene rings is 1. The zero-order valence-corrected chi connectivity index (χ0v) is 12.3. The molecule has 0 aliphatic heterocycles. The number of rotatable bonds is 2. The molecular weight excluding hydrogens is 302 g/mol. The first-order chi connectivity index (χ1) is 9.64. The lowest BCUT2D eigenvalue weighted by atomic mass is 10.1. The number of aromatic nitrogens is 3. The molecule has 1 heterocycles. The number of nitro groups is 1. The highest BCUT2D eigenvalue weighted by molar-refractivity contribution is 7.71. The second-order valence-corrected chi connectivity index (χ2v) is 5.76. The second kappa shape index (κ2) is 4.99. The average Bonchev–Trinajstić information content (AvgIpc) is 2.70. The van der Waals surface area contributed by atoms with Gasteiger partial charge in [-0.3, -0.25) is 19.8 Å². The summed E-state index contributed by atoms with van der Waals surface area (Å²) >= 11 is 5.06. The standard InChI is InChI=1S/C12H12F2N4O2S/c1-12(2,3)17-10(15-16-11(17)21)8-6(13)4-5-7(9(8)14)18(19)20/h4-5H,1-3H3,(H,16,21). The number of nitrogens with one attached hydrogen (secondary N) is 1. The number of nitrogens with zero attached hydrogens (tertiary/aromatic N) is 3. The average molecular weight is 314 g/mol. The summed E-state index contributed by atoms with van der Waals surface area (Å²) in [6.07, 6.45) is 0. The molecular formula is C12H12F2N4O2S. The Kier molecular flexibility index (Phi) is 3.62. The molecule has 0 saturated carbocycles. The van der Waals surface area contributed by atoms with Crippen LogP contribution in [0.15, 0.2) is 12.1 Å². The zero-order valence-electron chi connectivity index (χ0n) is 11.5. The molecule has 0 aliphatic rings. The Morgan fingerprint density at radius 2 is 2.00 bits per heavy atom. The molecule has 0 saturated heterocycles. The van der Waals surface area contributed by atoms with Crippen molar-refractivity contribution in [3.63, 3.8) is 0 Å². The number of nitro benzene ring substituents is 1. The molecule has 0 unspecified atom stereocenters. The van der Waals surface area contributed by atoms with E-state index in [1.165, 1.54) is 4.57 Å². The van der Waals surface area contributed by atoms with Gasteiger partial charge in [-0.1, -0.05) is 0 Å². The van der Waals surface area contributed by atoms with Crippen molar-refractivity contribution in [3.05, 3.63) is 38.7 Å². The molecule has 1 aromatic heterocycles. The molecule has 21 heavy (non-hydrogen) atoms. The maximum atomic E-state index is 14.3. The maximum Gasteiger partial charge on any atom is 0.305 e. The minimum absolute atomic E-state index is 0.119. The summed E-state index contributed by atoms with van der Waals surface area (Å²) in [5.74, 6) is -2.34. The highest BCUT2D eigenvalue weighted by atomic mass is 32.1. The van der Waals surface area contributed by atoms with Gasteiger partial charge in [0, 0.05) is 11.6 Å². The molecule has 0 amide bonds. The van der Waals surface area contributed by atoms with E-state index in [2.05, 4.69) is 10.2 Å². The van der Waals surface area contributed by atoms with Crippen molar-refractivity contribution in [1.29, 1.82) is 0 Å². The summed E-state index contributed by atoms with van der Waals surface area (Å²) in [5.41, 5.74) is -2.00. The fraction of sp³-hybridized carbons (Fsp3) is 0.333. The molecule has 6 nitrogen and oxygen atoms in total. The smallest absolute Gasteiger partial charge is 0.295 e. The van der Waals surface area contributed by atoms with E-state index in [1.54, 1.807) is 20.8 Å². The number of hydrogen-bond donors (Lipinski definition) is 1. The van der Waals surface area contributed by atoms with E-state index in [0.717, 1.165) is 12.1 Å². The summed E-state index contributed by atoms with van der Waals surface area (Å²) < 4.78 is 29.8. The van der Waals surface area contributed by atoms with Crippen molar-refractivity contribution in [3.8, 4) is 11.4 Å². The normalized spacial score (nSPS) is 11.7. The Morgan fingerprint density at radius 3 is 2.52 bits per heavy atom. The van der Waals surface area contributed by atoms with Crippen LogP contribution in [0.4, 0.5) is 14.5 Å². The molecule has 2 aromatic rings. The van der Waals surface area contributed by atoms with Crippen molar-refractivity contribution in [2.75, 3.05) is 0 Å². The number of halogens is 2. The highest BCUT2D eigenvalue weighted by Crippen LogP contribution is 2.32. The molecule has 0 atom stereocenters. The van der Waals surface area contributed by atoms with Crippen molar-refractivity contribution >= 4 is 17.9 Å². The van der Waals surface area contributed by atoms with Gasteiger partial charge in [-0.25, -0.2) is 4.39 Å². The largest absolute Gasteiger partial charge is 0.305 e. The van der Waals surface area contributed by atoms with Crippen LogP contribution in [0.1, 0.15) is 20.8 Å². The van der Waals surface area contributed by atoms with Crippen LogP contribution in [0.2, 0.25) is 0 Å². The second-order valence-electron chi connectivity index (χ2n) is 5.37. The van der Waals surface area contributed by atoms with Crippen LogP contribution in [-0.4, -0.2) is 19.7 Å². The fourth-order valence-electron chi connectivity index (χ4n) is 1.97. The summed E-state index contributed by atoms with van der Waals surface area (Å²) in [6, 6.07) is 1.61. The van der Waals surface area contributed by atoms with Gasteiger partial charge >= 0.3 is 5.69 Å². The summed E-state index contributed by atoms with van der Waals surface area (Å²) in [6.45, 7) is 5.32. The zero-order chi connectivity index (χ0) is 15.9. The molecule has 0 fully saturated rings. The molecule has 9 heteroatoms. The van der Waals surface area contributed by atoms with Crippen molar-refractivity contribution < 1.29 is 13.7 Å². The molecule has 0 spiro atoms. The van der Waals surface area contributed by atoms with Gasteiger partial charge in [-0.2, -0.15) is 9.49 Å². The molecule has 0 bridgehead atoms. The van der Waals surface area contributed by atoms with Crippen LogP contribution in [0.25, 0.3) is 11.4 Å². The van der Waals surface area contributed by atoms with Crippen molar-refractivity contribution in [1.82, 2.24) is 14.8 Å². The molecule has 1 N–H and O–H groups in total. The lowest BCUT2D eigenvalue weighted by Crippen LogP contribution is -2.23. The Morgan fingerprint density at radius 1 is 1.38 bits per heavy atom. The molecule has 1 aromatic carbocycles. The first-order valence-electron chi connectivity index (χ1n) is 5.95. The minimum atomic E-state index is -1.28. The predicted octanol–water partition coefficient (Wildman–Crippen LogP) is 3.55. The Labute approximate surface area is 123 Å². The first-order valence-corrected chi connectivity index (χ1v) is 6.36. The third kappa shape index (κ3) is 2.56. The Balaban J connectivity index is 2.84. The SMILES string of the molecule is CC(C)(C)n1c(-c2c(F)ccc([N+](=O)[O-])c2F)n[nH]c1=S. The van der Waals surface area contributed by atoms with E-state index >= 15 is 0 Å². The lowest BCUT2D eigenvalue weighted by molar-refractivity contribution is -0.387. The van der Waals surface area contributed by atoms with E-state index in [0.29, 0.717) is 0 Å². The van der Waals surface area contributed by atoms with Gasteiger partial charge in [0.25, 0.3) is 0 Å². The van der Waals surface area contributed by atoms with Gasteiger partial charge in [0.15, 0.2) is 10.6 Å². The van der Waals surface area contributed by atoms with Crippen LogP contribution in [-0.2, 0) is 5.54 Å².